The summed E-state index contributed by atoms with van der Waals surface area (Å²) >= 11 is 0. The highest BCUT2D eigenvalue weighted by molar-refractivity contribution is 5.79. The summed E-state index contributed by atoms with van der Waals surface area (Å²) < 4.78 is 1.87. The van der Waals surface area contributed by atoms with Crippen LogP contribution in [0.2, 0.25) is 0 Å². The summed E-state index contributed by atoms with van der Waals surface area (Å²) in [5.41, 5.74) is 3.57. The van der Waals surface area contributed by atoms with Gasteiger partial charge in [-0.3, -0.25) is 4.99 Å². The number of anilines is 1. The number of pyridine rings is 1. The molecule has 1 fully saturated rings. The van der Waals surface area contributed by atoms with Crippen molar-refractivity contribution < 1.29 is 0 Å². The largest absolute Gasteiger partial charge is 0.357 e. The van der Waals surface area contributed by atoms with Crippen LogP contribution in [0.4, 0.5) is 5.82 Å². The molecular weight excluding hydrogens is 398 g/mol. The van der Waals surface area contributed by atoms with Gasteiger partial charge in [0.2, 0.25) is 0 Å². The lowest BCUT2D eigenvalue weighted by Gasteiger charge is -2.22. The summed E-state index contributed by atoms with van der Waals surface area (Å²) in [5.74, 6) is 1.90. The maximum atomic E-state index is 4.60. The number of nitrogens with one attached hydrogen (secondary N) is 2. The molecule has 0 aliphatic carbocycles. The van der Waals surface area contributed by atoms with Crippen LogP contribution in [-0.4, -0.2) is 47.4 Å². The van der Waals surface area contributed by atoms with Crippen LogP contribution in [-0.2, 0) is 13.0 Å². The molecule has 0 spiro atoms. The predicted octanol–water partition coefficient (Wildman–Crippen LogP) is 3.56. The lowest BCUT2D eigenvalue weighted by atomic mass is 10.1. The Bertz CT molecular complexity index is 972. The summed E-state index contributed by atoms with van der Waals surface area (Å²) in [6.45, 7) is 3.75. The van der Waals surface area contributed by atoms with Crippen LogP contribution in [0.1, 0.15) is 36.8 Å². The Kier molecular flexibility index (Phi) is 7.74. The fourth-order valence-electron chi connectivity index (χ4n) is 4.01. The van der Waals surface area contributed by atoms with E-state index >= 15 is 0 Å². The Labute approximate surface area is 190 Å². The molecule has 1 aliphatic heterocycles. The fourth-order valence-corrected chi connectivity index (χ4v) is 4.01. The van der Waals surface area contributed by atoms with Gasteiger partial charge in [0.05, 0.1) is 5.69 Å². The maximum Gasteiger partial charge on any atom is 0.191 e. The summed E-state index contributed by atoms with van der Waals surface area (Å²) in [6.07, 6.45) is 11.8. The molecule has 2 N–H and O–H groups in total. The van der Waals surface area contributed by atoms with Crippen molar-refractivity contribution in [2.45, 2.75) is 38.6 Å². The molecule has 0 radical (unpaired) electrons. The summed E-state index contributed by atoms with van der Waals surface area (Å²) in [7, 11) is 1.81. The second-order valence-corrected chi connectivity index (χ2v) is 8.14. The number of hydrogen-bond donors (Lipinski definition) is 2. The molecule has 4 rings (SSSR count). The molecule has 168 valence electrons. The van der Waals surface area contributed by atoms with E-state index in [2.05, 4.69) is 67.0 Å². The third-order valence-corrected chi connectivity index (χ3v) is 5.83. The average molecular weight is 432 g/mol. The van der Waals surface area contributed by atoms with Gasteiger partial charge in [0.25, 0.3) is 0 Å². The number of hydrogen-bond acceptors (Lipinski definition) is 4. The molecule has 0 bridgehead atoms. The second kappa shape index (κ2) is 11.3. The molecule has 2 aromatic heterocycles. The van der Waals surface area contributed by atoms with Gasteiger partial charge in [-0.05, 0) is 60.7 Å². The Morgan fingerprint density at radius 3 is 2.50 bits per heavy atom. The molecule has 1 aliphatic rings. The fraction of sp³-hybridized carbons (Fsp3) is 0.400. The van der Waals surface area contributed by atoms with E-state index in [1.165, 1.54) is 36.8 Å². The van der Waals surface area contributed by atoms with E-state index in [0.717, 1.165) is 50.1 Å². The van der Waals surface area contributed by atoms with Crippen molar-refractivity contribution in [3.8, 4) is 5.69 Å². The molecule has 0 atom stereocenters. The van der Waals surface area contributed by atoms with E-state index in [9.17, 15) is 0 Å². The number of guanidine groups is 1. The Morgan fingerprint density at radius 2 is 1.78 bits per heavy atom. The Balaban J connectivity index is 1.24. The summed E-state index contributed by atoms with van der Waals surface area (Å²) in [4.78, 5) is 11.4. The first-order chi connectivity index (χ1) is 15.8. The minimum Gasteiger partial charge on any atom is -0.357 e. The topological polar surface area (TPSA) is 70.4 Å². The van der Waals surface area contributed by atoms with Gasteiger partial charge in [0.15, 0.2) is 5.96 Å². The van der Waals surface area contributed by atoms with E-state index in [4.69, 9.17) is 0 Å². The van der Waals surface area contributed by atoms with Crippen LogP contribution >= 0.6 is 0 Å². The number of aliphatic imine (C=N–C) groups is 1. The van der Waals surface area contributed by atoms with E-state index < -0.39 is 0 Å². The van der Waals surface area contributed by atoms with Crippen LogP contribution in [0.25, 0.3) is 5.69 Å². The normalized spacial score (nSPS) is 14.8. The second-order valence-electron chi connectivity index (χ2n) is 8.14. The van der Waals surface area contributed by atoms with Crippen molar-refractivity contribution in [1.82, 2.24) is 25.4 Å². The third-order valence-electron chi connectivity index (χ3n) is 5.83. The van der Waals surface area contributed by atoms with Gasteiger partial charge in [0.1, 0.15) is 5.82 Å². The van der Waals surface area contributed by atoms with Gasteiger partial charge in [-0.15, -0.1) is 0 Å². The minimum absolute atomic E-state index is 0.724. The lowest BCUT2D eigenvalue weighted by Crippen LogP contribution is -2.37. The molecular formula is C25H33N7. The first kappa shape index (κ1) is 21.9. The van der Waals surface area contributed by atoms with Crippen molar-refractivity contribution in [3.05, 3.63) is 72.2 Å². The highest BCUT2D eigenvalue weighted by Crippen LogP contribution is 2.18. The van der Waals surface area contributed by atoms with E-state index in [1.54, 1.807) is 6.20 Å². The van der Waals surface area contributed by atoms with Gasteiger partial charge >= 0.3 is 0 Å². The zero-order chi connectivity index (χ0) is 22.0. The third kappa shape index (κ3) is 6.09. The molecule has 1 saturated heterocycles. The zero-order valence-electron chi connectivity index (χ0n) is 18.9. The lowest BCUT2D eigenvalue weighted by molar-refractivity contribution is 0.726. The Morgan fingerprint density at radius 1 is 0.969 bits per heavy atom. The van der Waals surface area contributed by atoms with Crippen molar-refractivity contribution in [2.75, 3.05) is 31.6 Å². The quantitative estimate of drug-likeness (QED) is 0.442. The van der Waals surface area contributed by atoms with Crippen LogP contribution in [0.3, 0.4) is 0 Å². The van der Waals surface area contributed by atoms with Gasteiger partial charge in [-0.1, -0.05) is 25.0 Å². The number of rotatable bonds is 7. The van der Waals surface area contributed by atoms with Gasteiger partial charge in [-0.25, -0.2) is 9.67 Å². The molecule has 3 aromatic rings. The molecule has 0 amide bonds. The maximum absolute atomic E-state index is 4.60. The minimum atomic E-state index is 0.724. The molecule has 3 heterocycles. The van der Waals surface area contributed by atoms with Crippen molar-refractivity contribution in [1.29, 1.82) is 0 Å². The van der Waals surface area contributed by atoms with Crippen LogP contribution in [0.5, 0.6) is 0 Å². The highest BCUT2D eigenvalue weighted by atomic mass is 15.3. The number of aromatic nitrogens is 3. The first-order valence-electron chi connectivity index (χ1n) is 11.6. The van der Waals surface area contributed by atoms with E-state index in [-0.39, 0.29) is 0 Å². The molecule has 0 unspecified atom stereocenters. The van der Waals surface area contributed by atoms with E-state index in [1.807, 2.05) is 30.2 Å². The monoisotopic (exact) mass is 431 g/mol. The highest BCUT2D eigenvalue weighted by Gasteiger charge is 2.11. The number of nitrogens with zero attached hydrogens (tertiary/aromatic N) is 5. The smallest absolute Gasteiger partial charge is 0.191 e. The first-order valence-corrected chi connectivity index (χ1v) is 11.6. The Hall–Kier alpha value is -3.35. The summed E-state index contributed by atoms with van der Waals surface area (Å²) in [5, 5.41) is 11.1. The van der Waals surface area contributed by atoms with Crippen LogP contribution < -0.4 is 15.5 Å². The van der Waals surface area contributed by atoms with Crippen LogP contribution in [0, 0.1) is 0 Å². The molecule has 7 heteroatoms. The van der Waals surface area contributed by atoms with Gasteiger partial charge in [0, 0.05) is 51.8 Å². The van der Waals surface area contributed by atoms with Crippen LogP contribution in [0.15, 0.2) is 66.0 Å². The van der Waals surface area contributed by atoms with Gasteiger partial charge in [-0.2, -0.15) is 5.10 Å². The molecule has 0 saturated carbocycles. The molecule has 1 aromatic carbocycles. The standard InChI is InChI=1S/C25H33N7/c1-26-25(28-15-11-21-7-9-23(10-8-21)32-18-6-13-30-32)29-20-22-12-14-27-24(19-22)31-16-4-2-3-5-17-31/h6-10,12-14,18-19H,2-5,11,15-17,20H2,1H3,(H2,26,28,29). The number of benzene rings is 1. The van der Waals surface area contributed by atoms with Gasteiger partial charge < -0.3 is 15.5 Å². The molecule has 32 heavy (non-hydrogen) atoms. The SMILES string of the molecule is CN=C(NCCc1ccc(-n2cccn2)cc1)NCc1ccnc(N2CCCCCC2)c1. The van der Waals surface area contributed by atoms with E-state index in [0.29, 0.717) is 0 Å². The average Bonchev–Trinajstić information content (AvgIpc) is 3.24. The van der Waals surface area contributed by atoms with Crippen molar-refractivity contribution >= 4 is 11.8 Å². The van der Waals surface area contributed by atoms with Crippen molar-refractivity contribution in [2.24, 2.45) is 4.99 Å². The molecule has 7 nitrogen and oxygen atoms in total. The predicted molar refractivity (Wildman–Crippen MR) is 130 cm³/mol. The zero-order valence-corrected chi connectivity index (χ0v) is 18.9. The van der Waals surface area contributed by atoms with Crippen molar-refractivity contribution in [3.63, 3.8) is 0 Å². The summed E-state index contributed by atoms with van der Waals surface area (Å²) in [6, 6.07) is 14.7.